The van der Waals surface area contributed by atoms with Crippen molar-refractivity contribution in [1.82, 2.24) is 19.9 Å². The van der Waals surface area contributed by atoms with E-state index in [1.165, 1.54) is 24.7 Å². The van der Waals surface area contributed by atoms with Crippen LogP contribution in [0.15, 0.2) is 30.7 Å². The maximum absolute atomic E-state index is 15.5. The number of nitrogens with one attached hydrogen (secondary N) is 1. The lowest BCUT2D eigenvalue weighted by molar-refractivity contribution is -0.122. The maximum Gasteiger partial charge on any atom is 0.150 e. The van der Waals surface area contributed by atoms with Crippen LogP contribution in [0.5, 0.6) is 0 Å². The van der Waals surface area contributed by atoms with Crippen molar-refractivity contribution in [1.29, 1.82) is 0 Å². The predicted octanol–water partition coefficient (Wildman–Crippen LogP) is 3.26. The van der Waals surface area contributed by atoms with E-state index in [0.717, 1.165) is 0 Å². The highest BCUT2D eigenvalue weighted by atomic mass is 32.2. The third-order valence-electron chi connectivity index (χ3n) is 7.65. The molecule has 0 aromatic carbocycles. The molecule has 182 valence electrons. The first-order valence-electron chi connectivity index (χ1n) is 11.5. The Balaban J connectivity index is 1.43. The summed E-state index contributed by atoms with van der Waals surface area (Å²) in [6.45, 7) is 4.84. The molecule has 1 unspecified atom stereocenters. The summed E-state index contributed by atoms with van der Waals surface area (Å²) in [5.74, 6) is -1.31. The number of rotatable bonds is 3. The molecule has 2 saturated heterocycles. The molecule has 0 spiro atoms. The first kappa shape index (κ1) is 23.3. The van der Waals surface area contributed by atoms with Gasteiger partial charge in [0.05, 0.1) is 22.6 Å². The standard InChI is InChI=1S/C24H28F2N4O3S/c1-14-12-30(16-4-7-34(32,33)8-5-16)13-15(2)24(14,31)18-10-28-21(9-19(18)25)17-3-6-27-23-22(17)20(26)11-29-23/h3,6,9-11,14-16,31H,4-5,7-8,12-13H2,1-2H3,(H,27,29)/t14-,15+,24?. The van der Waals surface area contributed by atoms with Gasteiger partial charge in [0.15, 0.2) is 5.82 Å². The van der Waals surface area contributed by atoms with Crippen molar-refractivity contribution in [3.63, 3.8) is 0 Å². The van der Waals surface area contributed by atoms with Crippen LogP contribution in [-0.2, 0) is 15.4 Å². The molecule has 7 nitrogen and oxygen atoms in total. The Morgan fingerprint density at radius 1 is 1.12 bits per heavy atom. The molecule has 2 aliphatic heterocycles. The van der Waals surface area contributed by atoms with Gasteiger partial charge in [-0.1, -0.05) is 13.8 Å². The van der Waals surface area contributed by atoms with Crippen molar-refractivity contribution < 1.29 is 22.3 Å². The van der Waals surface area contributed by atoms with Crippen LogP contribution < -0.4 is 0 Å². The Kier molecular flexibility index (Phi) is 5.73. The van der Waals surface area contributed by atoms with E-state index >= 15 is 4.39 Å². The molecule has 5 rings (SSSR count). The number of likely N-dealkylation sites (tertiary alicyclic amines) is 1. The number of fused-ring (bicyclic) bond motifs is 1. The molecule has 0 amide bonds. The Morgan fingerprint density at radius 2 is 1.79 bits per heavy atom. The van der Waals surface area contributed by atoms with Gasteiger partial charge in [-0.15, -0.1) is 0 Å². The van der Waals surface area contributed by atoms with Crippen LogP contribution in [0.2, 0.25) is 0 Å². The average molecular weight is 491 g/mol. The van der Waals surface area contributed by atoms with Gasteiger partial charge in [-0.3, -0.25) is 9.88 Å². The maximum atomic E-state index is 15.5. The molecule has 3 aromatic heterocycles. The number of sulfone groups is 1. The van der Waals surface area contributed by atoms with Gasteiger partial charge < -0.3 is 10.1 Å². The van der Waals surface area contributed by atoms with Crippen LogP contribution >= 0.6 is 0 Å². The molecule has 0 bridgehead atoms. The predicted molar refractivity (Wildman–Crippen MR) is 125 cm³/mol. The lowest BCUT2D eigenvalue weighted by Gasteiger charge is -2.50. The molecule has 3 atom stereocenters. The molecular weight excluding hydrogens is 462 g/mol. The van der Waals surface area contributed by atoms with Crippen molar-refractivity contribution in [2.24, 2.45) is 11.8 Å². The highest BCUT2D eigenvalue weighted by Gasteiger charge is 2.48. The Morgan fingerprint density at radius 3 is 2.44 bits per heavy atom. The van der Waals surface area contributed by atoms with E-state index in [2.05, 4.69) is 19.9 Å². The first-order valence-corrected chi connectivity index (χ1v) is 13.4. The number of hydrogen-bond acceptors (Lipinski definition) is 6. The molecule has 5 heterocycles. The number of hydrogen-bond donors (Lipinski definition) is 2. The van der Waals surface area contributed by atoms with Crippen LogP contribution in [0.4, 0.5) is 8.78 Å². The van der Waals surface area contributed by atoms with Gasteiger partial charge in [-0.25, -0.2) is 22.2 Å². The second kappa shape index (κ2) is 8.35. The third kappa shape index (κ3) is 3.81. The van der Waals surface area contributed by atoms with E-state index in [4.69, 9.17) is 0 Å². The molecule has 3 aromatic rings. The fraction of sp³-hybridized carbons (Fsp3) is 0.500. The van der Waals surface area contributed by atoms with E-state index in [1.54, 1.807) is 6.07 Å². The molecule has 2 aliphatic rings. The van der Waals surface area contributed by atoms with Crippen LogP contribution in [-0.4, -0.2) is 64.0 Å². The van der Waals surface area contributed by atoms with Crippen LogP contribution in [0.3, 0.4) is 0 Å². The van der Waals surface area contributed by atoms with Gasteiger partial charge >= 0.3 is 0 Å². The fourth-order valence-electron chi connectivity index (χ4n) is 5.72. The minimum Gasteiger partial charge on any atom is -0.384 e. The number of aliphatic hydroxyl groups is 1. The van der Waals surface area contributed by atoms with E-state index in [-0.39, 0.29) is 46.0 Å². The van der Waals surface area contributed by atoms with E-state index in [0.29, 0.717) is 37.1 Å². The summed E-state index contributed by atoms with van der Waals surface area (Å²) in [6.07, 6.45) is 5.23. The van der Waals surface area contributed by atoms with Crippen LogP contribution in [0.1, 0.15) is 32.3 Å². The van der Waals surface area contributed by atoms with Gasteiger partial charge in [0.2, 0.25) is 0 Å². The number of aromatic amines is 1. The van der Waals surface area contributed by atoms with Gasteiger partial charge in [-0.05, 0) is 18.9 Å². The number of halogens is 2. The lowest BCUT2D eigenvalue weighted by atomic mass is 9.70. The molecule has 0 saturated carbocycles. The minimum absolute atomic E-state index is 0.127. The van der Waals surface area contributed by atoms with Gasteiger partial charge in [0.1, 0.15) is 26.9 Å². The van der Waals surface area contributed by atoms with E-state index < -0.39 is 27.1 Å². The molecule has 0 radical (unpaired) electrons. The highest BCUT2D eigenvalue weighted by Crippen LogP contribution is 2.44. The second-order valence-corrected chi connectivity index (χ2v) is 12.0. The summed E-state index contributed by atoms with van der Waals surface area (Å²) in [5, 5.41) is 12.0. The summed E-state index contributed by atoms with van der Waals surface area (Å²) < 4.78 is 53.4. The van der Waals surface area contributed by atoms with Gasteiger partial charge in [-0.2, -0.15) is 0 Å². The SMILES string of the molecule is C[C@@H]1CN(C2CCS(=O)(=O)CC2)C[C@H](C)C1(O)c1cnc(-c2ccnc3[nH]cc(F)c23)cc1F. The van der Waals surface area contributed by atoms with Crippen molar-refractivity contribution >= 4 is 20.9 Å². The van der Waals surface area contributed by atoms with Crippen molar-refractivity contribution in [2.75, 3.05) is 24.6 Å². The zero-order valence-electron chi connectivity index (χ0n) is 19.1. The van der Waals surface area contributed by atoms with Gasteiger partial charge in [0.25, 0.3) is 0 Å². The molecular formula is C24H28F2N4O3S. The fourth-order valence-corrected chi connectivity index (χ4v) is 7.18. The first-order chi connectivity index (χ1) is 16.1. The second-order valence-electron chi connectivity index (χ2n) is 9.73. The molecule has 10 heteroatoms. The number of pyridine rings is 2. The number of piperidine rings is 1. The van der Waals surface area contributed by atoms with Crippen molar-refractivity contribution in [2.45, 2.75) is 38.3 Å². The Labute approximate surface area is 197 Å². The molecule has 2 fully saturated rings. The zero-order chi connectivity index (χ0) is 24.3. The average Bonchev–Trinajstić information content (AvgIpc) is 3.18. The minimum atomic E-state index is -2.96. The summed E-state index contributed by atoms with van der Waals surface area (Å²) in [7, 11) is -2.96. The number of nitrogens with zero attached hydrogens (tertiary/aromatic N) is 3. The largest absolute Gasteiger partial charge is 0.384 e. The number of aromatic nitrogens is 3. The highest BCUT2D eigenvalue weighted by molar-refractivity contribution is 7.91. The van der Waals surface area contributed by atoms with Crippen molar-refractivity contribution in [3.8, 4) is 11.3 Å². The monoisotopic (exact) mass is 490 g/mol. The zero-order valence-corrected chi connectivity index (χ0v) is 19.9. The van der Waals surface area contributed by atoms with Gasteiger partial charge in [0, 0.05) is 66.8 Å². The molecule has 34 heavy (non-hydrogen) atoms. The molecule has 2 N–H and O–H groups in total. The Bertz CT molecular complexity index is 1320. The summed E-state index contributed by atoms with van der Waals surface area (Å²) in [4.78, 5) is 13.5. The summed E-state index contributed by atoms with van der Waals surface area (Å²) in [5.41, 5.74) is -0.270. The lowest BCUT2D eigenvalue weighted by Crippen LogP contribution is -2.58. The normalized spacial score (nSPS) is 28.4. The Hall–Kier alpha value is -2.43. The van der Waals surface area contributed by atoms with Crippen LogP contribution in [0.25, 0.3) is 22.3 Å². The van der Waals surface area contributed by atoms with Crippen LogP contribution in [0, 0.1) is 23.5 Å². The van der Waals surface area contributed by atoms with E-state index in [1.807, 2.05) is 13.8 Å². The quantitative estimate of drug-likeness (QED) is 0.585. The third-order valence-corrected chi connectivity index (χ3v) is 9.36. The smallest absolute Gasteiger partial charge is 0.150 e. The molecule has 0 aliphatic carbocycles. The van der Waals surface area contributed by atoms with E-state index in [9.17, 15) is 17.9 Å². The summed E-state index contributed by atoms with van der Waals surface area (Å²) in [6, 6.07) is 2.98. The van der Waals surface area contributed by atoms with Crippen molar-refractivity contribution in [3.05, 3.63) is 47.9 Å². The number of H-pyrrole nitrogens is 1. The topological polar surface area (TPSA) is 99.2 Å². The summed E-state index contributed by atoms with van der Waals surface area (Å²) >= 11 is 0.